The Hall–Kier alpha value is -3.02. The van der Waals surface area contributed by atoms with E-state index in [4.69, 9.17) is 15.5 Å². The van der Waals surface area contributed by atoms with Crippen LogP contribution < -0.4 is 10.5 Å². The Bertz CT molecular complexity index is 1180. The monoisotopic (exact) mass is 528 g/mol. The predicted octanol–water partition coefficient (Wildman–Crippen LogP) is 7.08. The molecular weight excluding hydrogens is 484 g/mol. The fraction of sp³-hybridized carbons (Fsp3) is 0.576. The van der Waals surface area contributed by atoms with E-state index < -0.39 is 0 Å². The molecule has 0 unspecified atom stereocenters. The fourth-order valence-corrected chi connectivity index (χ4v) is 7.44. The summed E-state index contributed by atoms with van der Waals surface area (Å²) in [5.41, 5.74) is 9.96. The zero-order valence-corrected chi connectivity index (χ0v) is 23.3. The molecule has 2 aliphatic heterocycles. The molecule has 2 saturated carbocycles. The number of carbonyl (C=O) groups is 1. The van der Waals surface area contributed by atoms with Crippen molar-refractivity contribution in [2.24, 2.45) is 16.6 Å². The molecule has 2 aromatic carbocycles. The first-order valence-corrected chi connectivity index (χ1v) is 15.4. The van der Waals surface area contributed by atoms with E-state index in [9.17, 15) is 4.79 Å². The van der Waals surface area contributed by atoms with Crippen LogP contribution in [0.25, 0.3) is 0 Å². The van der Waals surface area contributed by atoms with Crippen LogP contribution in [-0.2, 0) is 17.8 Å². The SMILES string of the molecule is NC1=Nc2ccc3cc2CN1[C@@H](C1CCCCC1)CCC(=O)N(C1CCCCC1)CCCc1cccc(c1)O3. The first kappa shape index (κ1) is 26.2. The Morgan fingerprint density at radius 2 is 1.56 bits per heavy atom. The molecule has 2 fully saturated rings. The minimum Gasteiger partial charge on any atom is -0.457 e. The number of guanidine groups is 1. The summed E-state index contributed by atoms with van der Waals surface area (Å²) in [6, 6.07) is 15.2. The topological polar surface area (TPSA) is 71.2 Å². The Kier molecular flexibility index (Phi) is 8.08. The standard InChI is InChI=1S/C33H44N4O2/c34-33-35-30-17-16-29-22-26(30)23-37(33)31(25-11-3-1-4-12-25)18-19-32(38)36(27-13-5-2-6-14-27)20-8-10-24-9-7-15-28(21-24)39-29/h7,9,15-17,21-22,25,27,31H,1-6,8,10-14,18-20,23H2,(H2,34,35)/t31-/m1/s1. The molecule has 6 heteroatoms. The molecule has 5 bridgehead atoms. The highest BCUT2D eigenvalue weighted by molar-refractivity contribution is 5.84. The lowest BCUT2D eigenvalue weighted by molar-refractivity contribution is -0.134. The van der Waals surface area contributed by atoms with E-state index in [0.29, 0.717) is 36.8 Å². The number of rotatable bonds is 2. The first-order chi connectivity index (χ1) is 19.1. The van der Waals surface area contributed by atoms with E-state index >= 15 is 0 Å². The van der Waals surface area contributed by atoms with Crippen LogP contribution in [0.3, 0.4) is 0 Å². The van der Waals surface area contributed by atoms with E-state index in [1.807, 2.05) is 18.2 Å². The average Bonchev–Trinajstić information content (AvgIpc) is 2.96. The van der Waals surface area contributed by atoms with Crippen LogP contribution in [-0.4, -0.2) is 40.3 Å². The number of nitrogens with zero attached hydrogens (tertiary/aromatic N) is 3. The summed E-state index contributed by atoms with van der Waals surface area (Å²) in [5.74, 6) is 3.16. The summed E-state index contributed by atoms with van der Waals surface area (Å²) < 4.78 is 6.34. The maximum Gasteiger partial charge on any atom is 0.222 e. The van der Waals surface area contributed by atoms with Crippen LogP contribution in [0.4, 0.5) is 5.69 Å². The third kappa shape index (κ3) is 6.10. The predicted molar refractivity (Wildman–Crippen MR) is 156 cm³/mol. The van der Waals surface area contributed by atoms with Gasteiger partial charge in [-0.2, -0.15) is 0 Å². The molecule has 1 amide bonds. The molecule has 0 aromatic heterocycles. The lowest BCUT2D eigenvalue weighted by Crippen LogP contribution is -2.50. The Labute approximate surface area is 233 Å². The van der Waals surface area contributed by atoms with Gasteiger partial charge >= 0.3 is 0 Å². The van der Waals surface area contributed by atoms with Gasteiger partial charge in [-0.1, -0.05) is 50.7 Å². The molecule has 2 aromatic rings. The molecule has 1 atom stereocenters. The maximum atomic E-state index is 13.9. The van der Waals surface area contributed by atoms with Gasteiger partial charge in [-0.3, -0.25) is 4.79 Å². The third-order valence-electron chi connectivity index (χ3n) is 9.50. The molecule has 6 nitrogen and oxygen atoms in total. The van der Waals surface area contributed by atoms with Crippen LogP contribution in [0, 0.1) is 5.92 Å². The lowest BCUT2D eigenvalue weighted by atomic mass is 9.81. The summed E-state index contributed by atoms with van der Waals surface area (Å²) in [7, 11) is 0. The van der Waals surface area contributed by atoms with Crippen molar-refractivity contribution >= 4 is 17.6 Å². The highest BCUT2D eigenvalue weighted by Crippen LogP contribution is 2.37. The number of hydrogen-bond acceptors (Lipinski definition) is 5. The molecule has 2 N–H and O–H groups in total. The summed E-state index contributed by atoms with van der Waals surface area (Å²) >= 11 is 0. The van der Waals surface area contributed by atoms with Gasteiger partial charge in [0.1, 0.15) is 11.5 Å². The molecule has 2 aliphatic carbocycles. The number of benzene rings is 2. The molecule has 0 spiro atoms. The summed E-state index contributed by atoms with van der Waals surface area (Å²) in [5, 5.41) is 0. The number of carbonyl (C=O) groups excluding carboxylic acids is 1. The van der Waals surface area contributed by atoms with Crippen LogP contribution >= 0.6 is 0 Å². The van der Waals surface area contributed by atoms with Crippen LogP contribution in [0.2, 0.25) is 0 Å². The molecule has 0 saturated heterocycles. The number of amides is 1. The smallest absolute Gasteiger partial charge is 0.222 e. The molecular formula is C33H44N4O2. The Balaban J connectivity index is 1.33. The van der Waals surface area contributed by atoms with Crippen molar-refractivity contribution in [2.45, 2.75) is 109 Å². The van der Waals surface area contributed by atoms with E-state index in [2.05, 4.69) is 34.1 Å². The van der Waals surface area contributed by atoms with Gasteiger partial charge in [0.2, 0.25) is 5.91 Å². The lowest BCUT2D eigenvalue weighted by Gasteiger charge is -2.42. The maximum absolute atomic E-state index is 13.9. The van der Waals surface area contributed by atoms with Gasteiger partial charge in [-0.25, -0.2) is 4.99 Å². The number of ether oxygens (including phenoxy) is 1. The van der Waals surface area contributed by atoms with Crippen molar-refractivity contribution < 1.29 is 9.53 Å². The fourth-order valence-electron chi connectivity index (χ4n) is 7.44. The molecule has 39 heavy (non-hydrogen) atoms. The van der Waals surface area contributed by atoms with Gasteiger partial charge < -0.3 is 20.3 Å². The van der Waals surface area contributed by atoms with Gasteiger partial charge in [0.25, 0.3) is 0 Å². The zero-order chi connectivity index (χ0) is 26.6. The Morgan fingerprint density at radius 3 is 2.38 bits per heavy atom. The van der Waals surface area contributed by atoms with E-state index in [1.54, 1.807) is 0 Å². The van der Waals surface area contributed by atoms with Crippen LogP contribution in [0.1, 0.15) is 94.6 Å². The number of nitrogens with two attached hydrogens (primary N) is 1. The summed E-state index contributed by atoms with van der Waals surface area (Å²) in [4.78, 5) is 23.3. The van der Waals surface area contributed by atoms with Crippen molar-refractivity contribution in [3.05, 3.63) is 53.6 Å². The first-order valence-electron chi connectivity index (χ1n) is 15.4. The molecule has 4 aliphatic rings. The van der Waals surface area contributed by atoms with Crippen molar-refractivity contribution in [1.29, 1.82) is 0 Å². The normalized spacial score (nSPS) is 23.7. The number of hydrogen-bond donors (Lipinski definition) is 1. The summed E-state index contributed by atoms with van der Waals surface area (Å²) in [6.45, 7) is 1.55. The van der Waals surface area contributed by atoms with E-state index in [-0.39, 0.29) is 6.04 Å². The van der Waals surface area contributed by atoms with Gasteiger partial charge in [0.05, 0.1) is 5.69 Å². The largest absolute Gasteiger partial charge is 0.457 e. The van der Waals surface area contributed by atoms with Gasteiger partial charge in [0.15, 0.2) is 5.96 Å². The molecule has 6 rings (SSSR count). The van der Waals surface area contributed by atoms with Gasteiger partial charge in [-0.15, -0.1) is 0 Å². The van der Waals surface area contributed by atoms with Crippen molar-refractivity contribution in [3.63, 3.8) is 0 Å². The quantitative estimate of drug-likeness (QED) is 0.452. The second-order valence-corrected chi connectivity index (χ2v) is 12.1. The van der Waals surface area contributed by atoms with Gasteiger partial charge in [0, 0.05) is 37.2 Å². The summed E-state index contributed by atoms with van der Waals surface area (Å²) in [6.07, 6.45) is 15.7. The minimum absolute atomic E-state index is 0.231. The van der Waals surface area contributed by atoms with E-state index in [0.717, 1.165) is 61.4 Å². The van der Waals surface area contributed by atoms with Crippen LogP contribution in [0.15, 0.2) is 47.5 Å². The van der Waals surface area contributed by atoms with Gasteiger partial charge in [-0.05, 0) is 86.8 Å². The van der Waals surface area contributed by atoms with Crippen molar-refractivity contribution in [1.82, 2.24) is 9.80 Å². The average molecular weight is 529 g/mol. The second-order valence-electron chi connectivity index (χ2n) is 12.1. The second kappa shape index (κ2) is 12.0. The Morgan fingerprint density at radius 1 is 0.795 bits per heavy atom. The number of aryl methyl sites for hydroxylation is 1. The minimum atomic E-state index is 0.231. The molecule has 208 valence electrons. The van der Waals surface area contributed by atoms with E-state index in [1.165, 1.54) is 56.9 Å². The molecule has 2 heterocycles. The third-order valence-corrected chi connectivity index (χ3v) is 9.50. The highest BCUT2D eigenvalue weighted by Gasteiger charge is 2.34. The number of aliphatic imine (C=N–C) groups is 1. The van der Waals surface area contributed by atoms with Crippen LogP contribution in [0.5, 0.6) is 11.5 Å². The zero-order valence-electron chi connectivity index (χ0n) is 23.3. The number of fused-ring (bicyclic) bond motifs is 4. The van der Waals surface area contributed by atoms with Crippen molar-refractivity contribution in [3.8, 4) is 11.5 Å². The van der Waals surface area contributed by atoms with Crippen molar-refractivity contribution in [2.75, 3.05) is 6.54 Å². The highest BCUT2D eigenvalue weighted by atomic mass is 16.5. The molecule has 0 radical (unpaired) electrons.